The van der Waals surface area contributed by atoms with E-state index < -0.39 is 5.54 Å². The van der Waals surface area contributed by atoms with E-state index in [9.17, 15) is 4.79 Å². The molecule has 110 valence electrons. The van der Waals surface area contributed by atoms with Crippen LogP contribution < -0.4 is 0 Å². The molecule has 21 heavy (non-hydrogen) atoms. The maximum absolute atomic E-state index is 12.3. The standard InChI is InChI=1S/C15H19N5O/c1-15(2)14-16-17-18-20(14)11-13(21)19(15)10-6-9-12-7-4-3-5-8-12/h3-5,7-8H,6,9-11H2,1-2H3. The molecule has 2 aromatic rings. The number of carbonyl (C=O) groups excluding carboxylic acids is 1. The second-order valence-electron chi connectivity index (χ2n) is 5.85. The SMILES string of the molecule is CC1(C)c2nnnn2CC(=O)N1CCCc1ccccc1. The molecule has 1 aromatic carbocycles. The molecule has 0 bridgehead atoms. The Labute approximate surface area is 123 Å². The third-order valence-corrected chi connectivity index (χ3v) is 4.03. The first-order valence-corrected chi connectivity index (χ1v) is 7.20. The van der Waals surface area contributed by atoms with Gasteiger partial charge in [-0.3, -0.25) is 4.79 Å². The van der Waals surface area contributed by atoms with E-state index in [1.54, 1.807) is 4.68 Å². The number of aromatic nitrogens is 4. The first-order chi connectivity index (χ1) is 10.1. The minimum Gasteiger partial charge on any atom is -0.329 e. The summed E-state index contributed by atoms with van der Waals surface area (Å²) in [7, 11) is 0. The number of nitrogens with zero attached hydrogens (tertiary/aromatic N) is 5. The van der Waals surface area contributed by atoms with Crippen LogP contribution in [0.15, 0.2) is 30.3 Å². The summed E-state index contributed by atoms with van der Waals surface area (Å²) in [6.45, 7) is 4.94. The fraction of sp³-hybridized carbons (Fsp3) is 0.467. The normalized spacial score (nSPS) is 16.9. The Morgan fingerprint density at radius 1 is 1.24 bits per heavy atom. The van der Waals surface area contributed by atoms with Crippen molar-refractivity contribution < 1.29 is 4.79 Å². The Hall–Kier alpha value is -2.24. The topological polar surface area (TPSA) is 63.9 Å². The van der Waals surface area contributed by atoms with E-state index in [0.29, 0.717) is 6.54 Å². The van der Waals surface area contributed by atoms with Crippen molar-refractivity contribution in [1.29, 1.82) is 0 Å². The molecule has 0 aliphatic carbocycles. The molecule has 6 heteroatoms. The van der Waals surface area contributed by atoms with Gasteiger partial charge >= 0.3 is 0 Å². The van der Waals surface area contributed by atoms with Gasteiger partial charge in [0.2, 0.25) is 5.91 Å². The lowest BCUT2D eigenvalue weighted by molar-refractivity contribution is -0.141. The van der Waals surface area contributed by atoms with Crippen molar-refractivity contribution in [2.24, 2.45) is 0 Å². The summed E-state index contributed by atoms with van der Waals surface area (Å²) in [6, 6.07) is 10.3. The summed E-state index contributed by atoms with van der Waals surface area (Å²) in [6.07, 6.45) is 1.90. The van der Waals surface area contributed by atoms with Crippen molar-refractivity contribution >= 4 is 5.91 Å². The van der Waals surface area contributed by atoms with Gasteiger partial charge in [-0.1, -0.05) is 30.3 Å². The largest absolute Gasteiger partial charge is 0.329 e. The number of carbonyl (C=O) groups is 1. The van der Waals surface area contributed by atoms with Crippen molar-refractivity contribution in [1.82, 2.24) is 25.1 Å². The smallest absolute Gasteiger partial charge is 0.245 e. The molecule has 0 radical (unpaired) electrons. The number of rotatable bonds is 4. The molecular formula is C15H19N5O. The van der Waals surface area contributed by atoms with Crippen molar-refractivity contribution in [2.45, 2.75) is 38.8 Å². The lowest BCUT2D eigenvalue weighted by Gasteiger charge is -2.40. The van der Waals surface area contributed by atoms with E-state index in [1.807, 2.05) is 36.9 Å². The third-order valence-electron chi connectivity index (χ3n) is 4.03. The van der Waals surface area contributed by atoms with Gasteiger partial charge in [0.05, 0.1) is 5.54 Å². The monoisotopic (exact) mass is 285 g/mol. The molecule has 0 spiro atoms. The fourth-order valence-electron chi connectivity index (χ4n) is 2.89. The van der Waals surface area contributed by atoms with Crippen molar-refractivity contribution in [2.75, 3.05) is 6.54 Å². The number of hydrogen-bond donors (Lipinski definition) is 0. The molecule has 6 nitrogen and oxygen atoms in total. The number of aryl methyl sites for hydroxylation is 1. The van der Waals surface area contributed by atoms with Crippen LogP contribution in [0.2, 0.25) is 0 Å². The lowest BCUT2D eigenvalue weighted by Crippen LogP contribution is -2.53. The maximum atomic E-state index is 12.3. The van der Waals surface area contributed by atoms with Crippen LogP contribution in [-0.2, 0) is 23.3 Å². The molecule has 0 N–H and O–H groups in total. The molecule has 1 amide bonds. The maximum Gasteiger partial charge on any atom is 0.245 e. The molecule has 3 rings (SSSR count). The summed E-state index contributed by atoms with van der Waals surface area (Å²) in [5.74, 6) is 0.828. The Bertz CT molecular complexity index is 635. The van der Waals surface area contributed by atoms with Gasteiger partial charge in [0.1, 0.15) is 6.54 Å². The van der Waals surface area contributed by atoms with E-state index in [2.05, 4.69) is 27.7 Å². The Morgan fingerprint density at radius 3 is 2.76 bits per heavy atom. The second kappa shape index (κ2) is 5.27. The summed E-state index contributed by atoms with van der Waals surface area (Å²) >= 11 is 0. The molecule has 0 unspecified atom stereocenters. The van der Waals surface area contributed by atoms with Crippen LogP contribution in [0.3, 0.4) is 0 Å². The van der Waals surface area contributed by atoms with Gasteiger partial charge in [0, 0.05) is 6.54 Å². The highest BCUT2D eigenvalue weighted by molar-refractivity contribution is 5.78. The predicted octanol–water partition coefficient (Wildman–Crippen LogP) is 1.38. The summed E-state index contributed by atoms with van der Waals surface area (Å²) < 4.78 is 1.59. The molecular weight excluding hydrogens is 266 g/mol. The number of fused-ring (bicyclic) bond motifs is 1. The van der Waals surface area contributed by atoms with Gasteiger partial charge < -0.3 is 4.90 Å². The number of hydrogen-bond acceptors (Lipinski definition) is 4. The van der Waals surface area contributed by atoms with Crippen LogP contribution >= 0.6 is 0 Å². The van der Waals surface area contributed by atoms with E-state index in [4.69, 9.17) is 0 Å². The van der Waals surface area contributed by atoms with E-state index in [-0.39, 0.29) is 12.5 Å². The Balaban J connectivity index is 1.69. The highest BCUT2D eigenvalue weighted by atomic mass is 16.2. The highest BCUT2D eigenvalue weighted by Crippen LogP contribution is 2.29. The van der Waals surface area contributed by atoms with E-state index in [0.717, 1.165) is 18.7 Å². The van der Waals surface area contributed by atoms with Gasteiger partial charge in [-0.2, -0.15) is 0 Å². The summed E-state index contributed by atoms with van der Waals surface area (Å²) in [5.41, 5.74) is 0.833. The molecule has 0 fully saturated rings. The van der Waals surface area contributed by atoms with Crippen LogP contribution in [0.4, 0.5) is 0 Å². The van der Waals surface area contributed by atoms with Gasteiger partial charge in [-0.25, -0.2) is 4.68 Å². The highest BCUT2D eigenvalue weighted by Gasteiger charge is 2.41. The first-order valence-electron chi connectivity index (χ1n) is 7.20. The van der Waals surface area contributed by atoms with Crippen molar-refractivity contribution in [3.05, 3.63) is 41.7 Å². The minimum absolute atomic E-state index is 0.0767. The molecule has 2 heterocycles. The second-order valence-corrected chi connectivity index (χ2v) is 5.85. The average molecular weight is 285 g/mol. The van der Waals surface area contributed by atoms with Gasteiger partial charge in [-0.05, 0) is 42.7 Å². The van der Waals surface area contributed by atoms with Gasteiger partial charge in [0.15, 0.2) is 5.82 Å². The van der Waals surface area contributed by atoms with Crippen LogP contribution in [0.1, 0.15) is 31.7 Å². The Morgan fingerprint density at radius 2 is 2.00 bits per heavy atom. The molecule has 1 aliphatic rings. The molecule has 0 saturated heterocycles. The van der Waals surface area contributed by atoms with Crippen molar-refractivity contribution in [3.8, 4) is 0 Å². The van der Waals surface area contributed by atoms with Crippen molar-refractivity contribution in [3.63, 3.8) is 0 Å². The minimum atomic E-state index is -0.463. The van der Waals surface area contributed by atoms with Gasteiger partial charge in [0.25, 0.3) is 0 Å². The van der Waals surface area contributed by atoms with E-state index in [1.165, 1.54) is 5.56 Å². The van der Waals surface area contributed by atoms with Crippen LogP contribution in [-0.4, -0.2) is 37.6 Å². The molecule has 0 atom stereocenters. The zero-order chi connectivity index (χ0) is 14.9. The van der Waals surface area contributed by atoms with Crippen LogP contribution in [0.5, 0.6) is 0 Å². The quantitative estimate of drug-likeness (QED) is 0.851. The van der Waals surface area contributed by atoms with Crippen LogP contribution in [0, 0.1) is 0 Å². The first kappa shape index (κ1) is 13.7. The number of benzene rings is 1. The van der Waals surface area contributed by atoms with E-state index >= 15 is 0 Å². The third kappa shape index (κ3) is 2.53. The zero-order valence-electron chi connectivity index (χ0n) is 12.4. The lowest BCUT2D eigenvalue weighted by atomic mass is 9.98. The number of tetrazole rings is 1. The number of amides is 1. The summed E-state index contributed by atoms with van der Waals surface area (Å²) in [4.78, 5) is 14.2. The predicted molar refractivity (Wildman–Crippen MR) is 77.3 cm³/mol. The Kier molecular flexibility index (Phi) is 3.45. The van der Waals surface area contributed by atoms with Crippen LogP contribution in [0.25, 0.3) is 0 Å². The summed E-state index contributed by atoms with van der Waals surface area (Å²) in [5, 5.41) is 11.6. The molecule has 1 aliphatic heterocycles. The molecule has 0 saturated carbocycles. The zero-order valence-corrected chi connectivity index (χ0v) is 12.4. The fourth-order valence-corrected chi connectivity index (χ4v) is 2.89. The average Bonchev–Trinajstić information content (AvgIpc) is 2.93. The van der Waals surface area contributed by atoms with Gasteiger partial charge in [-0.15, -0.1) is 5.10 Å². The molecule has 1 aromatic heterocycles.